The minimum atomic E-state index is -1.55. The molecule has 0 aromatic carbocycles. The number of nitrogens with two attached hydrogens (primary N) is 3. The molecule has 0 aromatic rings. The molecule has 0 radical (unpaired) electrons. The Balaban J connectivity index is 2.02. The summed E-state index contributed by atoms with van der Waals surface area (Å²) in [5, 5.41) is 62.0. The van der Waals surface area contributed by atoms with Crippen molar-refractivity contribution in [1.29, 1.82) is 0 Å². The van der Waals surface area contributed by atoms with Gasteiger partial charge in [0.2, 0.25) is 5.91 Å². The smallest absolute Gasteiger partial charge is 0.249 e. The van der Waals surface area contributed by atoms with E-state index in [2.05, 4.69) is 5.32 Å². The van der Waals surface area contributed by atoms with E-state index in [0.717, 1.165) is 0 Å². The number of hydrogen-bond donors (Lipinski definition) is 10. The highest BCUT2D eigenvalue weighted by Gasteiger charge is 2.48. The second-order valence-electron chi connectivity index (χ2n) is 7.47. The Kier molecular flexibility index (Phi) is 8.69. The second kappa shape index (κ2) is 10.4. The fourth-order valence-corrected chi connectivity index (χ4v) is 3.53. The highest BCUT2D eigenvalue weighted by atomic mass is 16.7. The lowest BCUT2D eigenvalue weighted by molar-refractivity contribution is -0.294. The van der Waals surface area contributed by atoms with Crippen LogP contribution in [0.3, 0.4) is 0 Å². The molecule has 13 N–H and O–H groups in total. The minimum Gasteiger partial charge on any atom is -0.394 e. The third kappa shape index (κ3) is 5.39. The van der Waals surface area contributed by atoms with Crippen LogP contribution >= 0.6 is 0 Å². The molecule has 11 atom stereocenters. The van der Waals surface area contributed by atoms with E-state index in [1.54, 1.807) is 0 Å². The van der Waals surface area contributed by atoms with Gasteiger partial charge in [-0.1, -0.05) is 0 Å². The predicted octanol–water partition coefficient (Wildman–Crippen LogP) is -6.21. The molecule has 2 rings (SSSR count). The first-order chi connectivity index (χ1) is 13.6. The molecule has 1 aliphatic carbocycles. The molecular weight excluding hydrogens is 392 g/mol. The number of aliphatic hydroxyl groups excluding tert-OH is 6. The monoisotopic (exact) mass is 424 g/mol. The van der Waals surface area contributed by atoms with Crippen molar-refractivity contribution in [2.75, 3.05) is 13.2 Å². The van der Waals surface area contributed by atoms with Gasteiger partial charge in [-0.3, -0.25) is 4.79 Å². The van der Waals surface area contributed by atoms with Crippen molar-refractivity contribution >= 4 is 5.91 Å². The maximum absolute atomic E-state index is 11.9. The Bertz CT molecular complexity index is 543. The van der Waals surface area contributed by atoms with Gasteiger partial charge in [0.1, 0.15) is 42.7 Å². The molecule has 170 valence electrons. The van der Waals surface area contributed by atoms with Crippen molar-refractivity contribution in [2.45, 2.75) is 80.0 Å². The van der Waals surface area contributed by atoms with Crippen LogP contribution in [0, 0.1) is 0 Å². The average Bonchev–Trinajstić information content (AvgIpc) is 2.69. The first-order valence-electron chi connectivity index (χ1n) is 9.46. The van der Waals surface area contributed by atoms with Crippen LogP contribution in [-0.2, 0) is 14.3 Å². The Hall–Kier alpha value is -0.970. The third-order valence-corrected chi connectivity index (χ3v) is 5.34. The number of rotatable bonds is 7. The molecule has 4 unspecified atom stereocenters. The molecular formula is C16H32N4O9. The first-order valence-corrected chi connectivity index (χ1v) is 9.46. The largest absolute Gasteiger partial charge is 0.394 e. The van der Waals surface area contributed by atoms with E-state index >= 15 is 0 Å². The van der Waals surface area contributed by atoms with Gasteiger partial charge in [0.05, 0.1) is 18.7 Å². The Morgan fingerprint density at radius 1 is 1.14 bits per heavy atom. The summed E-state index contributed by atoms with van der Waals surface area (Å²) in [6, 6.07) is -3.02. The molecule has 13 nitrogen and oxygen atoms in total. The molecule has 1 heterocycles. The van der Waals surface area contributed by atoms with Crippen LogP contribution in [0.4, 0.5) is 0 Å². The van der Waals surface area contributed by atoms with Gasteiger partial charge in [-0.25, -0.2) is 0 Å². The summed E-state index contributed by atoms with van der Waals surface area (Å²) in [6.45, 7) is -0.511. The fourth-order valence-electron chi connectivity index (χ4n) is 3.53. The second-order valence-corrected chi connectivity index (χ2v) is 7.47. The van der Waals surface area contributed by atoms with Gasteiger partial charge < -0.3 is 62.6 Å². The van der Waals surface area contributed by atoms with Crippen molar-refractivity contribution in [1.82, 2.24) is 5.32 Å². The van der Waals surface area contributed by atoms with Crippen LogP contribution in [0.5, 0.6) is 0 Å². The van der Waals surface area contributed by atoms with E-state index in [1.807, 2.05) is 0 Å². The van der Waals surface area contributed by atoms with Gasteiger partial charge in [0, 0.05) is 6.04 Å². The predicted molar refractivity (Wildman–Crippen MR) is 96.8 cm³/mol. The van der Waals surface area contributed by atoms with E-state index < -0.39 is 79.7 Å². The lowest BCUT2D eigenvalue weighted by atomic mass is 9.84. The van der Waals surface area contributed by atoms with Crippen LogP contribution < -0.4 is 22.5 Å². The number of amides is 1. The van der Waals surface area contributed by atoms with Gasteiger partial charge in [-0.15, -0.1) is 0 Å². The fraction of sp³-hybridized carbons (Fsp3) is 0.938. The van der Waals surface area contributed by atoms with Gasteiger partial charge in [-0.05, 0) is 19.4 Å². The van der Waals surface area contributed by atoms with E-state index in [4.69, 9.17) is 26.7 Å². The van der Waals surface area contributed by atoms with E-state index in [1.165, 1.54) is 0 Å². The summed E-state index contributed by atoms with van der Waals surface area (Å²) in [7, 11) is 0. The third-order valence-electron chi connectivity index (χ3n) is 5.34. The lowest BCUT2D eigenvalue weighted by Crippen LogP contribution is -2.68. The van der Waals surface area contributed by atoms with Crippen molar-refractivity contribution in [3.63, 3.8) is 0 Å². The number of hydrogen-bond acceptors (Lipinski definition) is 12. The number of nitrogens with one attached hydrogen (secondary N) is 1. The molecule has 1 saturated carbocycles. The van der Waals surface area contributed by atoms with Crippen molar-refractivity contribution in [3.8, 4) is 0 Å². The summed E-state index contributed by atoms with van der Waals surface area (Å²) < 4.78 is 10.9. The zero-order valence-electron chi connectivity index (χ0n) is 15.8. The molecule has 2 aliphatic rings. The normalized spacial score (nSPS) is 44.3. The molecule has 13 heteroatoms. The van der Waals surface area contributed by atoms with Crippen LogP contribution in [-0.4, -0.2) is 117 Å². The summed E-state index contributed by atoms with van der Waals surface area (Å²) in [5.74, 6) is -0.751. The van der Waals surface area contributed by atoms with Crippen LogP contribution in [0.15, 0.2) is 0 Å². The molecule has 2 fully saturated rings. The molecule has 0 spiro atoms. The van der Waals surface area contributed by atoms with E-state index in [-0.39, 0.29) is 19.4 Å². The maximum Gasteiger partial charge on any atom is 0.249 e. The number of carbonyl (C=O) groups is 1. The quantitative estimate of drug-likeness (QED) is 0.183. The molecule has 1 aliphatic heterocycles. The first kappa shape index (κ1) is 24.3. The van der Waals surface area contributed by atoms with Crippen LogP contribution in [0.25, 0.3) is 0 Å². The molecule has 0 bridgehead atoms. The van der Waals surface area contributed by atoms with E-state index in [0.29, 0.717) is 0 Å². The van der Waals surface area contributed by atoms with Gasteiger partial charge >= 0.3 is 0 Å². The van der Waals surface area contributed by atoms with Gasteiger partial charge in [0.15, 0.2) is 6.29 Å². The molecule has 29 heavy (non-hydrogen) atoms. The number of ether oxygens (including phenoxy) is 2. The molecule has 0 aromatic heterocycles. The topological polar surface area (TPSA) is 247 Å². The van der Waals surface area contributed by atoms with Gasteiger partial charge in [0.25, 0.3) is 0 Å². The number of aliphatic hydroxyl groups is 6. The van der Waals surface area contributed by atoms with Crippen molar-refractivity contribution in [2.24, 2.45) is 17.2 Å². The lowest BCUT2D eigenvalue weighted by Gasteiger charge is -2.46. The average molecular weight is 424 g/mol. The van der Waals surface area contributed by atoms with Crippen LogP contribution in [0.1, 0.15) is 12.8 Å². The Morgan fingerprint density at radius 2 is 1.79 bits per heavy atom. The Morgan fingerprint density at radius 3 is 2.38 bits per heavy atom. The highest BCUT2D eigenvalue weighted by molar-refractivity contribution is 5.80. The number of carbonyl (C=O) groups excluding carboxylic acids is 1. The van der Waals surface area contributed by atoms with Crippen molar-refractivity contribution < 1.29 is 44.9 Å². The van der Waals surface area contributed by atoms with Crippen LogP contribution in [0.2, 0.25) is 0 Å². The van der Waals surface area contributed by atoms with Gasteiger partial charge in [-0.2, -0.15) is 0 Å². The SMILES string of the molecule is NCC[C@H](O)C(=O)N[C@@H]1CC(N)[C@@H](O[C@H]2OC(CO)[C@@H](O)[C@H](O)C2N)[C@H](O)C1O. The summed E-state index contributed by atoms with van der Waals surface area (Å²) in [5.41, 5.74) is 17.1. The Labute approximate surface area is 167 Å². The maximum atomic E-state index is 11.9. The standard InChI is InChI=1S/C16H32N4O9/c17-2-1-7(22)15(27)20-6-3-5(18)14(13(26)10(6)23)29-16-9(19)12(25)11(24)8(4-21)28-16/h5-14,16,21-26H,1-4,17-19H2,(H,20,27)/t5?,6-,7+,8?,9?,10?,11-,12-,13-,14-,16-/m1/s1. The molecule has 1 saturated heterocycles. The zero-order chi connectivity index (χ0) is 21.9. The van der Waals surface area contributed by atoms with Crippen molar-refractivity contribution in [3.05, 3.63) is 0 Å². The summed E-state index contributed by atoms with van der Waals surface area (Å²) >= 11 is 0. The summed E-state index contributed by atoms with van der Waals surface area (Å²) in [6.07, 6.45) is -10.9. The van der Waals surface area contributed by atoms with E-state index in [9.17, 15) is 35.4 Å². The molecule has 1 amide bonds. The highest BCUT2D eigenvalue weighted by Crippen LogP contribution is 2.27. The summed E-state index contributed by atoms with van der Waals surface area (Å²) in [4.78, 5) is 11.9. The zero-order valence-corrected chi connectivity index (χ0v) is 15.8. The minimum absolute atomic E-state index is 0.000539.